The second kappa shape index (κ2) is 6.26. The van der Waals surface area contributed by atoms with Gasteiger partial charge >= 0.3 is 11.9 Å². The molecule has 5 heteroatoms. The average Bonchev–Trinajstić information content (AvgIpc) is 2.98. The van der Waals surface area contributed by atoms with Crippen LogP contribution in [0.25, 0.3) is 0 Å². The van der Waals surface area contributed by atoms with E-state index in [-0.39, 0.29) is 13.0 Å². The molecule has 0 radical (unpaired) electrons. The van der Waals surface area contributed by atoms with Gasteiger partial charge in [-0.3, -0.25) is 9.59 Å². The maximum absolute atomic E-state index is 12.4. The highest BCUT2D eigenvalue weighted by atomic mass is 16.5. The Morgan fingerprint density at radius 1 is 1.24 bits per heavy atom. The van der Waals surface area contributed by atoms with Crippen molar-refractivity contribution in [3.63, 3.8) is 0 Å². The molecule has 0 spiro atoms. The van der Waals surface area contributed by atoms with Crippen LogP contribution in [0.2, 0.25) is 0 Å². The fraction of sp³-hybridized carbons (Fsp3) is 0.250. The zero-order valence-corrected chi connectivity index (χ0v) is 11.6. The van der Waals surface area contributed by atoms with Crippen molar-refractivity contribution < 1.29 is 23.8 Å². The lowest BCUT2D eigenvalue weighted by Crippen LogP contribution is -2.47. The van der Waals surface area contributed by atoms with Gasteiger partial charge in [-0.15, -0.1) is 0 Å². The van der Waals surface area contributed by atoms with Crippen molar-refractivity contribution in [2.75, 3.05) is 6.61 Å². The van der Waals surface area contributed by atoms with E-state index in [4.69, 9.17) is 9.15 Å². The summed E-state index contributed by atoms with van der Waals surface area (Å²) in [6.07, 6.45) is 2.85. The lowest BCUT2D eigenvalue weighted by molar-refractivity contribution is -0.161. The summed E-state index contributed by atoms with van der Waals surface area (Å²) < 4.78 is 9.99. The molecule has 0 fully saturated rings. The Hall–Kier alpha value is -2.56. The van der Waals surface area contributed by atoms with Gasteiger partial charge in [0.2, 0.25) is 0 Å². The van der Waals surface area contributed by atoms with Crippen LogP contribution in [0.15, 0.2) is 53.3 Å². The molecule has 0 saturated carbocycles. The third-order valence-electron chi connectivity index (χ3n) is 3.30. The van der Waals surface area contributed by atoms with E-state index in [1.807, 2.05) is 0 Å². The van der Waals surface area contributed by atoms with Gasteiger partial charge in [0.05, 0.1) is 19.1 Å². The molecule has 0 aliphatic carbocycles. The molecule has 21 heavy (non-hydrogen) atoms. The summed E-state index contributed by atoms with van der Waals surface area (Å²) in [6.45, 7) is 1.76. The van der Waals surface area contributed by atoms with Crippen molar-refractivity contribution in [3.05, 3.63) is 60.1 Å². The molecule has 0 aliphatic heterocycles. The zero-order chi connectivity index (χ0) is 15.3. The molecule has 1 N–H and O–H groups in total. The normalized spacial score (nSPS) is 13.4. The first kappa shape index (κ1) is 14.8. The number of aliphatic carboxylic acids is 1. The van der Waals surface area contributed by atoms with Crippen LogP contribution < -0.4 is 0 Å². The molecule has 1 aromatic carbocycles. The van der Waals surface area contributed by atoms with E-state index < -0.39 is 17.4 Å². The van der Waals surface area contributed by atoms with Crippen LogP contribution in [-0.2, 0) is 26.2 Å². The molecule has 5 nitrogen and oxygen atoms in total. The van der Waals surface area contributed by atoms with Gasteiger partial charge < -0.3 is 14.3 Å². The predicted molar refractivity (Wildman–Crippen MR) is 74.8 cm³/mol. The number of hydrogen-bond acceptors (Lipinski definition) is 4. The summed E-state index contributed by atoms with van der Waals surface area (Å²) in [4.78, 5) is 24.3. The Labute approximate surface area is 122 Å². The summed E-state index contributed by atoms with van der Waals surface area (Å²) in [6, 6.07) is 10.0. The van der Waals surface area contributed by atoms with Crippen LogP contribution in [0.1, 0.15) is 18.1 Å². The number of hydrogen-bond donors (Lipinski definition) is 1. The van der Waals surface area contributed by atoms with Crippen molar-refractivity contribution >= 4 is 11.9 Å². The van der Waals surface area contributed by atoms with E-state index >= 15 is 0 Å². The van der Waals surface area contributed by atoms with Gasteiger partial charge in [0, 0.05) is 6.42 Å². The number of furan rings is 1. The molecule has 0 saturated heterocycles. The Kier molecular flexibility index (Phi) is 4.42. The van der Waals surface area contributed by atoms with Crippen LogP contribution in [0.3, 0.4) is 0 Å². The third kappa shape index (κ3) is 2.81. The number of carbonyl (C=O) groups excluding carboxylic acids is 1. The highest BCUT2D eigenvalue weighted by Gasteiger charge is 2.49. The summed E-state index contributed by atoms with van der Waals surface area (Å²) >= 11 is 0. The quantitative estimate of drug-likeness (QED) is 0.652. The zero-order valence-electron chi connectivity index (χ0n) is 11.6. The standard InChI is InChI=1S/C16H16O5/c1-2-21-15(19)16(14(17)18,10-12-8-9-20-11-12)13-6-4-3-5-7-13/h3-9,11H,2,10H2,1H3,(H,17,18). The van der Waals surface area contributed by atoms with Crippen molar-refractivity contribution in [2.24, 2.45) is 0 Å². The van der Waals surface area contributed by atoms with Crippen molar-refractivity contribution in [3.8, 4) is 0 Å². The fourth-order valence-corrected chi connectivity index (χ4v) is 2.25. The van der Waals surface area contributed by atoms with Gasteiger partial charge in [0.1, 0.15) is 0 Å². The average molecular weight is 288 g/mol. The lowest BCUT2D eigenvalue weighted by Gasteiger charge is -2.27. The number of esters is 1. The van der Waals surface area contributed by atoms with Gasteiger partial charge in [-0.25, -0.2) is 0 Å². The number of carboxylic acid groups (broad SMARTS) is 1. The first-order valence-corrected chi connectivity index (χ1v) is 6.58. The van der Waals surface area contributed by atoms with Crippen LogP contribution in [-0.4, -0.2) is 23.7 Å². The second-order valence-corrected chi connectivity index (χ2v) is 4.61. The Morgan fingerprint density at radius 2 is 1.95 bits per heavy atom. The minimum absolute atomic E-state index is 0.0261. The van der Waals surface area contributed by atoms with Crippen LogP contribution in [0.5, 0.6) is 0 Å². The SMILES string of the molecule is CCOC(=O)C(Cc1ccoc1)(C(=O)O)c1ccccc1. The van der Waals surface area contributed by atoms with Crippen molar-refractivity contribution in [1.29, 1.82) is 0 Å². The van der Waals surface area contributed by atoms with Gasteiger partial charge in [-0.05, 0) is 24.1 Å². The highest BCUT2D eigenvalue weighted by Crippen LogP contribution is 2.31. The topological polar surface area (TPSA) is 76.7 Å². The molecular formula is C16H16O5. The molecule has 1 unspecified atom stereocenters. The number of benzene rings is 1. The van der Waals surface area contributed by atoms with E-state index in [1.54, 1.807) is 43.3 Å². The van der Waals surface area contributed by atoms with Crippen LogP contribution >= 0.6 is 0 Å². The van der Waals surface area contributed by atoms with E-state index in [2.05, 4.69) is 0 Å². The Morgan fingerprint density at radius 3 is 2.48 bits per heavy atom. The maximum Gasteiger partial charge on any atom is 0.328 e. The molecule has 0 bridgehead atoms. The van der Waals surface area contributed by atoms with Gasteiger partial charge in [0.25, 0.3) is 0 Å². The Bertz CT molecular complexity index is 603. The molecule has 2 rings (SSSR count). The summed E-state index contributed by atoms with van der Waals surface area (Å²) in [7, 11) is 0. The molecular weight excluding hydrogens is 272 g/mol. The van der Waals surface area contributed by atoms with Gasteiger partial charge in [-0.2, -0.15) is 0 Å². The summed E-state index contributed by atoms with van der Waals surface area (Å²) in [5.41, 5.74) is -0.771. The molecule has 0 aliphatic rings. The van der Waals surface area contributed by atoms with E-state index in [1.165, 1.54) is 12.5 Å². The molecule has 1 aromatic heterocycles. The predicted octanol–water partition coefficient (Wildman–Crippen LogP) is 2.41. The monoisotopic (exact) mass is 288 g/mol. The first-order valence-electron chi connectivity index (χ1n) is 6.58. The highest BCUT2D eigenvalue weighted by molar-refractivity contribution is 6.05. The minimum Gasteiger partial charge on any atom is -0.480 e. The third-order valence-corrected chi connectivity index (χ3v) is 3.30. The van der Waals surface area contributed by atoms with Crippen molar-refractivity contribution in [2.45, 2.75) is 18.8 Å². The molecule has 2 aromatic rings. The van der Waals surface area contributed by atoms with E-state index in [0.717, 1.165) is 0 Å². The molecule has 1 heterocycles. The number of rotatable bonds is 6. The summed E-state index contributed by atoms with van der Waals surface area (Å²) in [5.74, 6) is -2.02. The number of ether oxygens (including phenoxy) is 1. The summed E-state index contributed by atoms with van der Waals surface area (Å²) in [5, 5.41) is 9.74. The van der Waals surface area contributed by atoms with Gasteiger partial charge in [0.15, 0.2) is 5.41 Å². The van der Waals surface area contributed by atoms with Gasteiger partial charge in [-0.1, -0.05) is 30.3 Å². The number of carbonyl (C=O) groups is 2. The first-order chi connectivity index (χ1) is 10.1. The van der Waals surface area contributed by atoms with Crippen LogP contribution in [0.4, 0.5) is 0 Å². The Balaban J connectivity index is 2.54. The van der Waals surface area contributed by atoms with Crippen molar-refractivity contribution in [1.82, 2.24) is 0 Å². The number of carboxylic acids is 1. The maximum atomic E-state index is 12.4. The molecule has 0 amide bonds. The molecule has 1 atom stereocenters. The minimum atomic E-state index is -1.78. The largest absolute Gasteiger partial charge is 0.480 e. The second-order valence-electron chi connectivity index (χ2n) is 4.61. The smallest absolute Gasteiger partial charge is 0.328 e. The fourth-order valence-electron chi connectivity index (χ4n) is 2.25. The lowest BCUT2D eigenvalue weighted by atomic mass is 9.76. The molecule has 110 valence electrons. The van der Waals surface area contributed by atoms with E-state index in [0.29, 0.717) is 11.1 Å². The van der Waals surface area contributed by atoms with Crippen LogP contribution in [0, 0.1) is 0 Å². The van der Waals surface area contributed by atoms with E-state index in [9.17, 15) is 14.7 Å².